The average molecular weight is 629 g/mol. The molecule has 0 bridgehead atoms. The summed E-state index contributed by atoms with van der Waals surface area (Å²) in [4.78, 5) is 8.47. The number of rotatable bonds is 2. The fourth-order valence-corrected chi connectivity index (χ4v) is 4.31. The molecule has 0 fully saturated rings. The third kappa shape index (κ3) is 12.1. The summed E-state index contributed by atoms with van der Waals surface area (Å²) in [5.41, 5.74) is 6.31. The lowest BCUT2D eigenvalue weighted by Crippen LogP contribution is -1.75. The highest BCUT2D eigenvalue weighted by atomic mass is 127. The maximum absolute atomic E-state index is 4.23. The van der Waals surface area contributed by atoms with Crippen LogP contribution in [0.1, 0.15) is 44.4 Å². The Morgan fingerprint density at radius 3 is 1.06 bits per heavy atom. The third-order valence-electron chi connectivity index (χ3n) is 4.47. The molecule has 0 radical (unpaired) electrons. The first-order valence-electron chi connectivity index (χ1n) is 12.2. The molecule has 0 N–H and O–H groups in total. The minimum atomic E-state index is 1.09. The second-order valence-electron chi connectivity index (χ2n) is 7.20. The van der Waals surface area contributed by atoms with Crippen LogP contribution >= 0.6 is 45.3 Å². The highest BCUT2D eigenvalue weighted by Gasteiger charge is 1.98. The van der Waals surface area contributed by atoms with Gasteiger partial charge in [-0.2, -0.15) is 0 Å². The monoisotopic (exact) mass is 628 g/mol. The maximum Gasteiger partial charge on any atom is 0.123 e. The molecule has 2 aromatic heterocycles. The molecule has 0 atom stereocenters. The van der Waals surface area contributed by atoms with Crippen molar-refractivity contribution in [3.63, 3.8) is 0 Å². The molecular formula is C31H37IN2S2. The zero-order valence-electron chi connectivity index (χ0n) is 22.3. The summed E-state index contributed by atoms with van der Waals surface area (Å²) >= 11 is 5.64. The summed E-state index contributed by atoms with van der Waals surface area (Å²) in [5.74, 6) is 0. The Morgan fingerprint density at radius 1 is 0.500 bits per heavy atom. The van der Waals surface area contributed by atoms with Crippen LogP contribution in [-0.2, 0) is 0 Å². The zero-order valence-corrected chi connectivity index (χ0v) is 26.1. The van der Waals surface area contributed by atoms with Crippen LogP contribution in [0.4, 0.5) is 0 Å². The van der Waals surface area contributed by atoms with Crippen LogP contribution in [0, 0.1) is 24.3 Å². The molecule has 0 saturated carbocycles. The molecule has 0 aliphatic rings. The summed E-state index contributed by atoms with van der Waals surface area (Å²) in [7, 11) is 0. The number of aryl methyl sites for hydroxylation is 3. The number of nitrogens with zero attached hydrogens (tertiary/aromatic N) is 2. The van der Waals surface area contributed by atoms with Crippen LogP contribution in [0.2, 0.25) is 0 Å². The van der Waals surface area contributed by atoms with E-state index in [4.69, 9.17) is 0 Å². The largest absolute Gasteiger partial charge is 0.245 e. The van der Waals surface area contributed by atoms with Crippen molar-refractivity contribution < 1.29 is 0 Å². The van der Waals surface area contributed by atoms with E-state index in [1.807, 2.05) is 50.8 Å². The van der Waals surface area contributed by atoms with Crippen molar-refractivity contribution in [2.75, 3.05) is 0 Å². The predicted molar refractivity (Wildman–Crippen MR) is 171 cm³/mol. The summed E-state index contributed by atoms with van der Waals surface area (Å²) in [6, 6.07) is 25.3. The first kappa shape index (κ1) is 31.7. The molecule has 0 saturated heterocycles. The Bertz CT molecular complexity index is 1070. The van der Waals surface area contributed by atoms with Gasteiger partial charge < -0.3 is 0 Å². The number of hydrogen-bond acceptors (Lipinski definition) is 4. The molecule has 0 aliphatic carbocycles. The molecule has 2 nitrogen and oxygen atoms in total. The number of thiazole rings is 2. The summed E-state index contributed by atoms with van der Waals surface area (Å²) in [6.45, 7) is 14.3. The van der Waals surface area contributed by atoms with E-state index in [1.54, 1.807) is 22.7 Å². The highest BCUT2D eigenvalue weighted by Crippen LogP contribution is 2.22. The van der Waals surface area contributed by atoms with Gasteiger partial charge in [0, 0.05) is 37.9 Å². The van der Waals surface area contributed by atoms with E-state index < -0.39 is 0 Å². The Labute approximate surface area is 239 Å². The minimum absolute atomic E-state index is 1.09. The van der Waals surface area contributed by atoms with Gasteiger partial charge in [0.25, 0.3) is 0 Å². The SMILES string of the molecule is CC.CC.Cc1ccc(-c2nccs2)cc1.Cc1ccc(-c2nccs2)cc1.Cc1ccc(I)cc1. The number of benzene rings is 3. The van der Waals surface area contributed by atoms with E-state index in [0.29, 0.717) is 0 Å². The average Bonchev–Trinajstić information content (AvgIpc) is 3.65. The van der Waals surface area contributed by atoms with E-state index in [2.05, 4.69) is 126 Å². The van der Waals surface area contributed by atoms with Crippen LogP contribution in [0.15, 0.2) is 96.0 Å². The van der Waals surface area contributed by atoms with Crippen LogP contribution < -0.4 is 0 Å². The molecule has 0 amide bonds. The van der Waals surface area contributed by atoms with E-state index in [-0.39, 0.29) is 0 Å². The van der Waals surface area contributed by atoms with Crippen molar-refractivity contribution in [3.8, 4) is 21.1 Å². The van der Waals surface area contributed by atoms with Gasteiger partial charge in [-0.05, 0) is 55.5 Å². The van der Waals surface area contributed by atoms with E-state index in [9.17, 15) is 0 Å². The van der Waals surface area contributed by atoms with Crippen molar-refractivity contribution in [3.05, 3.63) is 116 Å². The van der Waals surface area contributed by atoms with Crippen molar-refractivity contribution in [2.24, 2.45) is 0 Å². The maximum atomic E-state index is 4.23. The molecule has 0 spiro atoms. The number of halogens is 1. The van der Waals surface area contributed by atoms with Crippen molar-refractivity contribution in [1.82, 2.24) is 9.97 Å². The molecule has 0 unspecified atom stereocenters. The van der Waals surface area contributed by atoms with Crippen LogP contribution in [0.25, 0.3) is 21.1 Å². The van der Waals surface area contributed by atoms with E-state index in [0.717, 1.165) is 10.0 Å². The minimum Gasteiger partial charge on any atom is -0.245 e. The summed E-state index contributed by atoms with van der Waals surface area (Å²) in [6.07, 6.45) is 3.67. The van der Waals surface area contributed by atoms with Gasteiger partial charge in [-0.1, -0.05) is 105 Å². The lowest BCUT2D eigenvalue weighted by molar-refractivity contribution is 1.40. The van der Waals surface area contributed by atoms with Gasteiger partial charge in [-0.15, -0.1) is 22.7 Å². The van der Waals surface area contributed by atoms with Gasteiger partial charge >= 0.3 is 0 Å². The lowest BCUT2D eigenvalue weighted by atomic mass is 10.2. The molecular weight excluding hydrogens is 591 g/mol. The second kappa shape index (κ2) is 18.9. The van der Waals surface area contributed by atoms with E-state index in [1.165, 1.54) is 31.4 Å². The Hall–Kier alpha value is -2.35. The number of aromatic nitrogens is 2. The first-order chi connectivity index (χ1) is 17.5. The molecule has 0 aliphatic heterocycles. The van der Waals surface area contributed by atoms with E-state index >= 15 is 0 Å². The molecule has 3 aromatic carbocycles. The van der Waals surface area contributed by atoms with Crippen LogP contribution in [-0.4, -0.2) is 9.97 Å². The van der Waals surface area contributed by atoms with Crippen molar-refractivity contribution in [2.45, 2.75) is 48.5 Å². The molecule has 5 aromatic rings. The standard InChI is InChI=1S/2C10H9NS.C7H7I.2C2H6/c2*1-8-2-4-9(5-3-8)10-11-6-7-12-10;1-6-2-4-7(8)5-3-6;2*1-2/h2*2-7H,1H3;2-5H,1H3;2*1-2H3. The molecule has 5 heteroatoms. The van der Waals surface area contributed by atoms with Gasteiger partial charge in [-0.3, -0.25) is 0 Å². The molecule has 5 rings (SSSR count). The molecule has 36 heavy (non-hydrogen) atoms. The van der Waals surface area contributed by atoms with Gasteiger partial charge in [0.1, 0.15) is 10.0 Å². The van der Waals surface area contributed by atoms with Crippen LogP contribution in [0.5, 0.6) is 0 Å². The van der Waals surface area contributed by atoms with Gasteiger partial charge in [0.2, 0.25) is 0 Å². The van der Waals surface area contributed by atoms with Gasteiger partial charge in [0.05, 0.1) is 0 Å². The first-order valence-corrected chi connectivity index (χ1v) is 15.0. The second-order valence-corrected chi connectivity index (χ2v) is 10.2. The lowest BCUT2D eigenvalue weighted by Gasteiger charge is -1.95. The van der Waals surface area contributed by atoms with Gasteiger partial charge in [0.15, 0.2) is 0 Å². The zero-order chi connectivity index (χ0) is 26.8. The third-order valence-corrected chi connectivity index (χ3v) is 6.84. The predicted octanol–water partition coefficient (Wildman–Crippen LogP) is 10.9. The van der Waals surface area contributed by atoms with Crippen molar-refractivity contribution in [1.29, 1.82) is 0 Å². The smallest absolute Gasteiger partial charge is 0.123 e. The van der Waals surface area contributed by atoms with Crippen molar-refractivity contribution >= 4 is 45.3 Å². The fourth-order valence-electron chi connectivity index (χ4n) is 2.66. The Morgan fingerprint density at radius 2 is 0.806 bits per heavy atom. The van der Waals surface area contributed by atoms with Crippen LogP contribution in [0.3, 0.4) is 0 Å². The summed E-state index contributed by atoms with van der Waals surface area (Å²) < 4.78 is 1.30. The molecule has 2 heterocycles. The van der Waals surface area contributed by atoms with Gasteiger partial charge in [-0.25, -0.2) is 9.97 Å². The quantitative estimate of drug-likeness (QED) is 0.182. The Kier molecular flexibility index (Phi) is 16.6. The normalized spacial score (nSPS) is 9.11. The Balaban J connectivity index is 0.000000257. The molecule has 190 valence electrons. The highest BCUT2D eigenvalue weighted by molar-refractivity contribution is 14.1. The summed E-state index contributed by atoms with van der Waals surface area (Å²) in [5, 5.41) is 6.18. The fraction of sp³-hybridized carbons (Fsp3) is 0.226. The topological polar surface area (TPSA) is 25.8 Å². The number of hydrogen-bond donors (Lipinski definition) is 0.